The van der Waals surface area contributed by atoms with E-state index in [4.69, 9.17) is 9.47 Å². The molecule has 2 aromatic rings. The van der Waals surface area contributed by atoms with Crippen LogP contribution in [0.4, 0.5) is 0 Å². The van der Waals surface area contributed by atoms with E-state index in [1.165, 1.54) is 0 Å². The Morgan fingerprint density at radius 1 is 1.17 bits per heavy atom. The highest BCUT2D eigenvalue weighted by Crippen LogP contribution is 2.21. The first-order chi connectivity index (χ1) is 14.2. The summed E-state index contributed by atoms with van der Waals surface area (Å²) in [4.78, 5) is 21.3. The molecule has 0 spiro atoms. The van der Waals surface area contributed by atoms with Crippen LogP contribution >= 0.6 is 0 Å². The number of likely N-dealkylation sites (tertiary alicyclic amines) is 1. The van der Waals surface area contributed by atoms with Crippen LogP contribution < -0.4 is 4.74 Å². The van der Waals surface area contributed by atoms with E-state index in [1.807, 2.05) is 49.6 Å². The number of hydrogen-bond donors (Lipinski definition) is 0. The molecule has 0 bridgehead atoms. The number of nitrogens with zero attached hydrogens (tertiary/aromatic N) is 3. The molecule has 2 aliphatic rings. The standard InChI is InChI=1S/C23H29N3O3/c1-25(20-11-15-28-17-20)23(27)18-5-7-21(8-6-18)29-22-9-13-26(14-10-22)16-19-4-2-3-12-24-19/h2-8,12,20,22H,9-11,13-17H2,1H3/t20-/m1/s1. The van der Waals surface area contributed by atoms with Crippen molar-refractivity contribution in [1.82, 2.24) is 14.8 Å². The molecule has 6 heteroatoms. The summed E-state index contributed by atoms with van der Waals surface area (Å²) in [6.45, 7) is 4.26. The van der Waals surface area contributed by atoms with Gasteiger partial charge in [-0.05, 0) is 55.7 Å². The van der Waals surface area contributed by atoms with Gasteiger partial charge in [0.1, 0.15) is 11.9 Å². The highest BCUT2D eigenvalue weighted by atomic mass is 16.5. The minimum atomic E-state index is 0.0369. The predicted molar refractivity (Wildman–Crippen MR) is 111 cm³/mol. The second kappa shape index (κ2) is 9.37. The number of ether oxygens (including phenoxy) is 2. The maximum Gasteiger partial charge on any atom is 0.253 e. The molecule has 4 rings (SSSR count). The van der Waals surface area contributed by atoms with Gasteiger partial charge in [0.05, 0.1) is 18.3 Å². The molecule has 154 valence electrons. The number of rotatable bonds is 6. The van der Waals surface area contributed by atoms with Crippen molar-refractivity contribution in [3.05, 3.63) is 59.9 Å². The zero-order valence-corrected chi connectivity index (χ0v) is 17.0. The quantitative estimate of drug-likeness (QED) is 0.753. The molecule has 6 nitrogen and oxygen atoms in total. The summed E-state index contributed by atoms with van der Waals surface area (Å²) >= 11 is 0. The second-order valence-electron chi connectivity index (χ2n) is 7.87. The maximum atomic E-state index is 12.6. The van der Waals surface area contributed by atoms with E-state index in [9.17, 15) is 4.79 Å². The van der Waals surface area contributed by atoms with Crippen LogP contribution in [0.1, 0.15) is 35.3 Å². The minimum absolute atomic E-state index is 0.0369. The third-order valence-electron chi connectivity index (χ3n) is 5.82. The van der Waals surface area contributed by atoms with Crippen LogP contribution in [0.5, 0.6) is 5.75 Å². The highest BCUT2D eigenvalue weighted by molar-refractivity contribution is 5.94. The van der Waals surface area contributed by atoms with Crippen molar-refractivity contribution in [2.75, 3.05) is 33.4 Å². The number of amides is 1. The maximum absolute atomic E-state index is 12.6. The van der Waals surface area contributed by atoms with Gasteiger partial charge in [-0.25, -0.2) is 0 Å². The second-order valence-corrected chi connectivity index (χ2v) is 7.87. The lowest BCUT2D eigenvalue weighted by Gasteiger charge is -2.32. The van der Waals surface area contributed by atoms with Crippen molar-refractivity contribution in [2.45, 2.75) is 38.0 Å². The van der Waals surface area contributed by atoms with Gasteiger partial charge in [-0.2, -0.15) is 0 Å². The Labute approximate surface area is 172 Å². The van der Waals surface area contributed by atoms with Gasteiger partial charge >= 0.3 is 0 Å². The van der Waals surface area contributed by atoms with Crippen molar-refractivity contribution in [2.24, 2.45) is 0 Å². The number of benzene rings is 1. The minimum Gasteiger partial charge on any atom is -0.490 e. The number of aromatic nitrogens is 1. The molecule has 29 heavy (non-hydrogen) atoms. The lowest BCUT2D eigenvalue weighted by atomic mass is 10.1. The molecule has 0 radical (unpaired) electrons. The molecule has 1 atom stereocenters. The van der Waals surface area contributed by atoms with Crippen molar-refractivity contribution >= 4 is 5.91 Å². The third-order valence-corrected chi connectivity index (χ3v) is 5.82. The Morgan fingerprint density at radius 3 is 2.62 bits per heavy atom. The first-order valence-electron chi connectivity index (χ1n) is 10.4. The van der Waals surface area contributed by atoms with E-state index >= 15 is 0 Å². The van der Waals surface area contributed by atoms with Crippen molar-refractivity contribution in [3.63, 3.8) is 0 Å². The van der Waals surface area contributed by atoms with Crippen LogP contribution in [-0.2, 0) is 11.3 Å². The van der Waals surface area contributed by atoms with E-state index in [2.05, 4.69) is 16.0 Å². The SMILES string of the molecule is CN(C(=O)c1ccc(OC2CCN(Cc3ccccn3)CC2)cc1)[C@@H]1CCOC1. The average molecular weight is 396 g/mol. The number of pyridine rings is 1. The molecular weight excluding hydrogens is 366 g/mol. The summed E-state index contributed by atoms with van der Waals surface area (Å²) in [5, 5.41) is 0. The van der Waals surface area contributed by atoms with Gasteiger partial charge in [0, 0.05) is 45.0 Å². The molecule has 0 N–H and O–H groups in total. The van der Waals surface area contributed by atoms with E-state index in [-0.39, 0.29) is 18.1 Å². The number of piperidine rings is 1. The summed E-state index contributed by atoms with van der Waals surface area (Å²) in [5.74, 6) is 0.867. The predicted octanol–water partition coefficient (Wildman–Crippen LogP) is 2.99. The van der Waals surface area contributed by atoms with Crippen molar-refractivity contribution in [1.29, 1.82) is 0 Å². The summed E-state index contributed by atoms with van der Waals surface area (Å²) in [7, 11) is 1.85. The van der Waals surface area contributed by atoms with E-state index < -0.39 is 0 Å². The number of likely N-dealkylation sites (N-methyl/N-ethyl adjacent to an activating group) is 1. The van der Waals surface area contributed by atoms with Gasteiger partial charge in [-0.1, -0.05) is 6.07 Å². The van der Waals surface area contributed by atoms with Gasteiger partial charge in [-0.15, -0.1) is 0 Å². The largest absolute Gasteiger partial charge is 0.490 e. The monoisotopic (exact) mass is 395 g/mol. The lowest BCUT2D eigenvalue weighted by Crippen LogP contribution is -2.38. The van der Waals surface area contributed by atoms with E-state index in [1.54, 1.807) is 4.90 Å². The fraction of sp³-hybridized carbons (Fsp3) is 0.478. The molecule has 2 fully saturated rings. The first kappa shape index (κ1) is 19.9. The van der Waals surface area contributed by atoms with Crippen LogP contribution in [0.15, 0.2) is 48.7 Å². The van der Waals surface area contributed by atoms with Gasteiger partial charge in [0.15, 0.2) is 0 Å². The van der Waals surface area contributed by atoms with Gasteiger partial charge in [-0.3, -0.25) is 14.7 Å². The van der Waals surface area contributed by atoms with Crippen LogP contribution in [0.2, 0.25) is 0 Å². The van der Waals surface area contributed by atoms with Crippen LogP contribution in [-0.4, -0.2) is 66.2 Å². The van der Waals surface area contributed by atoms with Crippen LogP contribution in [0, 0.1) is 0 Å². The van der Waals surface area contributed by atoms with Crippen LogP contribution in [0.25, 0.3) is 0 Å². The summed E-state index contributed by atoms with van der Waals surface area (Å²) in [6, 6.07) is 13.8. The summed E-state index contributed by atoms with van der Waals surface area (Å²) in [5.41, 5.74) is 1.80. The number of hydrogen-bond acceptors (Lipinski definition) is 5. The normalized spacial score (nSPS) is 20.5. The molecule has 2 aliphatic heterocycles. The molecule has 1 aromatic heterocycles. The Bertz CT molecular complexity index is 783. The van der Waals surface area contributed by atoms with Crippen molar-refractivity contribution in [3.8, 4) is 5.75 Å². The molecule has 1 amide bonds. The fourth-order valence-electron chi connectivity index (χ4n) is 3.97. The highest BCUT2D eigenvalue weighted by Gasteiger charge is 2.25. The van der Waals surface area contributed by atoms with Crippen LogP contribution in [0.3, 0.4) is 0 Å². The molecule has 0 unspecified atom stereocenters. The summed E-state index contributed by atoms with van der Waals surface area (Å²) < 4.78 is 11.5. The summed E-state index contributed by atoms with van der Waals surface area (Å²) in [6.07, 6.45) is 4.96. The molecule has 0 aliphatic carbocycles. The Morgan fingerprint density at radius 2 is 1.97 bits per heavy atom. The molecular formula is C23H29N3O3. The van der Waals surface area contributed by atoms with E-state index in [0.717, 1.165) is 56.9 Å². The van der Waals surface area contributed by atoms with Gasteiger partial charge < -0.3 is 14.4 Å². The Hall–Kier alpha value is -2.44. The van der Waals surface area contributed by atoms with E-state index in [0.29, 0.717) is 12.2 Å². The first-order valence-corrected chi connectivity index (χ1v) is 10.4. The molecule has 0 saturated carbocycles. The Kier molecular flexibility index (Phi) is 6.42. The topological polar surface area (TPSA) is 54.9 Å². The molecule has 2 saturated heterocycles. The van der Waals surface area contributed by atoms with Gasteiger partial charge in [0.25, 0.3) is 5.91 Å². The Balaban J connectivity index is 1.25. The zero-order valence-electron chi connectivity index (χ0n) is 17.0. The molecule has 3 heterocycles. The number of carbonyl (C=O) groups is 1. The lowest BCUT2D eigenvalue weighted by molar-refractivity contribution is 0.0711. The van der Waals surface area contributed by atoms with Gasteiger partial charge in [0.2, 0.25) is 0 Å². The average Bonchev–Trinajstić information content (AvgIpc) is 3.30. The molecule has 1 aromatic carbocycles. The smallest absolute Gasteiger partial charge is 0.253 e. The zero-order chi connectivity index (χ0) is 20.1. The fourth-order valence-corrected chi connectivity index (χ4v) is 3.97. The van der Waals surface area contributed by atoms with Crippen molar-refractivity contribution < 1.29 is 14.3 Å². The third kappa shape index (κ3) is 5.14. The number of carbonyl (C=O) groups excluding carboxylic acids is 1.